The molecule has 1 heterocycles. The molecule has 0 saturated carbocycles. The van der Waals surface area contributed by atoms with Crippen molar-refractivity contribution in [1.29, 1.82) is 0 Å². The summed E-state index contributed by atoms with van der Waals surface area (Å²) < 4.78 is 5.32. The third kappa shape index (κ3) is 3.92. The molecule has 132 valence electrons. The highest BCUT2D eigenvalue weighted by Gasteiger charge is 2.09. The largest absolute Gasteiger partial charge is 0.422 e. The molecule has 0 radical (unpaired) electrons. The summed E-state index contributed by atoms with van der Waals surface area (Å²) in [5.74, 6) is 0. The topological polar surface area (TPSA) is 66.6 Å². The molecule has 5 nitrogen and oxygen atoms in total. The van der Waals surface area contributed by atoms with Crippen molar-refractivity contribution < 1.29 is 4.42 Å². The van der Waals surface area contributed by atoms with Crippen LogP contribution >= 0.6 is 23.8 Å². The molecular formula is C19H16ClN3O2S. The number of rotatable bonds is 3. The van der Waals surface area contributed by atoms with Crippen LogP contribution < -0.4 is 16.4 Å². The van der Waals surface area contributed by atoms with Crippen LogP contribution in [0.2, 0.25) is 5.02 Å². The monoisotopic (exact) mass is 385 g/mol. The lowest BCUT2D eigenvalue weighted by Gasteiger charge is -2.11. The number of thiocarbonyl (C=S) groups is 1. The van der Waals surface area contributed by atoms with Crippen LogP contribution in [0.5, 0.6) is 0 Å². The van der Waals surface area contributed by atoms with Gasteiger partial charge in [0.1, 0.15) is 5.58 Å². The second-order valence-corrected chi connectivity index (χ2v) is 6.48. The predicted molar refractivity (Wildman–Crippen MR) is 110 cm³/mol. The van der Waals surface area contributed by atoms with Gasteiger partial charge in [-0.25, -0.2) is 4.79 Å². The number of hydrogen-bond acceptors (Lipinski definition) is 4. The van der Waals surface area contributed by atoms with Crippen molar-refractivity contribution in [3.8, 4) is 0 Å². The molecule has 0 fully saturated rings. The van der Waals surface area contributed by atoms with E-state index in [1.165, 1.54) is 0 Å². The van der Waals surface area contributed by atoms with Gasteiger partial charge >= 0.3 is 5.63 Å². The highest BCUT2D eigenvalue weighted by atomic mass is 35.5. The van der Waals surface area contributed by atoms with Gasteiger partial charge in [0.25, 0.3) is 0 Å². The molecule has 0 aliphatic carbocycles. The minimum atomic E-state index is -0.448. The number of anilines is 1. The second-order valence-electron chi connectivity index (χ2n) is 5.66. The summed E-state index contributed by atoms with van der Waals surface area (Å²) in [7, 11) is 0. The molecule has 2 aromatic carbocycles. The van der Waals surface area contributed by atoms with Crippen LogP contribution in [0.25, 0.3) is 11.0 Å². The smallest absolute Gasteiger partial charge is 0.345 e. The molecule has 2 N–H and O–H groups in total. The van der Waals surface area contributed by atoms with Crippen molar-refractivity contribution in [3.63, 3.8) is 0 Å². The summed E-state index contributed by atoms with van der Waals surface area (Å²) in [6.07, 6.45) is 0. The molecule has 1 aromatic heterocycles. The summed E-state index contributed by atoms with van der Waals surface area (Å²) in [5.41, 5.74) is 5.34. The summed E-state index contributed by atoms with van der Waals surface area (Å²) >= 11 is 11.3. The lowest BCUT2D eigenvalue weighted by Crippen LogP contribution is -2.26. The first-order valence-corrected chi connectivity index (χ1v) is 8.64. The first-order chi connectivity index (χ1) is 12.5. The molecule has 3 aromatic rings. The third-order valence-electron chi connectivity index (χ3n) is 3.87. The predicted octanol–water partition coefficient (Wildman–Crippen LogP) is 4.47. The van der Waals surface area contributed by atoms with Gasteiger partial charge in [0.15, 0.2) is 5.11 Å². The van der Waals surface area contributed by atoms with E-state index in [0.29, 0.717) is 27.0 Å². The molecule has 0 spiro atoms. The average Bonchev–Trinajstić information content (AvgIpc) is 2.63. The molecular weight excluding hydrogens is 370 g/mol. The Hall–Kier alpha value is -2.70. The van der Waals surface area contributed by atoms with Gasteiger partial charge in [-0.3, -0.25) is 5.43 Å². The lowest BCUT2D eigenvalue weighted by molar-refractivity contribution is 0.559. The molecule has 0 aliphatic heterocycles. The fourth-order valence-electron chi connectivity index (χ4n) is 2.40. The van der Waals surface area contributed by atoms with Crippen LogP contribution in [0.3, 0.4) is 0 Å². The van der Waals surface area contributed by atoms with Crippen molar-refractivity contribution in [3.05, 3.63) is 75.1 Å². The highest BCUT2D eigenvalue weighted by molar-refractivity contribution is 7.80. The number of nitrogens with one attached hydrogen (secondary N) is 2. The Morgan fingerprint density at radius 1 is 1.19 bits per heavy atom. The van der Waals surface area contributed by atoms with Gasteiger partial charge in [-0.1, -0.05) is 35.9 Å². The van der Waals surface area contributed by atoms with Gasteiger partial charge in [0.05, 0.1) is 11.3 Å². The van der Waals surface area contributed by atoms with Crippen LogP contribution in [0, 0.1) is 6.92 Å². The second kappa shape index (κ2) is 7.68. The molecule has 0 saturated heterocycles. The number of para-hydroxylation sites is 1. The van der Waals surface area contributed by atoms with Gasteiger partial charge in [-0.2, -0.15) is 5.10 Å². The summed E-state index contributed by atoms with van der Waals surface area (Å²) in [6, 6.07) is 14.6. The van der Waals surface area contributed by atoms with Crippen LogP contribution in [-0.2, 0) is 0 Å². The number of hydrogen-bond donors (Lipinski definition) is 2. The van der Waals surface area contributed by atoms with E-state index < -0.39 is 5.63 Å². The van der Waals surface area contributed by atoms with Crippen molar-refractivity contribution >= 4 is 51.3 Å². The van der Waals surface area contributed by atoms with E-state index >= 15 is 0 Å². The fraction of sp³-hybridized carbons (Fsp3) is 0.105. The highest BCUT2D eigenvalue weighted by Crippen LogP contribution is 2.22. The summed E-state index contributed by atoms with van der Waals surface area (Å²) in [6.45, 7) is 3.60. The van der Waals surface area contributed by atoms with Crippen molar-refractivity contribution in [1.82, 2.24) is 5.43 Å². The van der Waals surface area contributed by atoms with E-state index in [-0.39, 0.29) is 0 Å². The Balaban J connectivity index is 1.78. The first-order valence-electron chi connectivity index (χ1n) is 7.85. The Morgan fingerprint density at radius 2 is 1.96 bits per heavy atom. The van der Waals surface area contributed by atoms with E-state index in [1.54, 1.807) is 25.1 Å². The Labute approximate surface area is 160 Å². The Morgan fingerprint density at radius 3 is 2.77 bits per heavy atom. The normalized spacial score (nSPS) is 11.4. The maximum Gasteiger partial charge on any atom is 0.345 e. The number of fused-ring (bicyclic) bond motifs is 1. The van der Waals surface area contributed by atoms with Crippen molar-refractivity contribution in [2.75, 3.05) is 5.32 Å². The van der Waals surface area contributed by atoms with Gasteiger partial charge in [0.2, 0.25) is 0 Å². The van der Waals surface area contributed by atoms with Gasteiger partial charge in [-0.05, 0) is 55.9 Å². The molecule has 0 amide bonds. The molecule has 0 atom stereocenters. The Bertz CT molecular complexity index is 1080. The maximum absolute atomic E-state index is 12.2. The summed E-state index contributed by atoms with van der Waals surface area (Å²) in [4.78, 5) is 12.2. The number of benzene rings is 2. The minimum Gasteiger partial charge on any atom is -0.422 e. The standard InChI is InChI=1S/C19H16ClN3O2S/c1-11-15(20)7-5-8-16(11)21-19(26)23-22-12(2)14-10-13-6-3-4-9-17(13)25-18(14)24/h3-10H,1-2H3,(H2,21,23,26)/b22-12-. The van der Waals surface area contributed by atoms with Gasteiger partial charge < -0.3 is 9.73 Å². The van der Waals surface area contributed by atoms with Crippen molar-refractivity contribution in [2.24, 2.45) is 5.10 Å². The van der Waals surface area contributed by atoms with Crippen LogP contribution in [0.15, 0.2) is 62.8 Å². The Kier molecular flexibility index (Phi) is 5.35. The van der Waals surface area contributed by atoms with Gasteiger partial charge in [-0.15, -0.1) is 0 Å². The number of hydrazone groups is 1. The first kappa shape index (κ1) is 18.1. The lowest BCUT2D eigenvalue weighted by atomic mass is 10.1. The van der Waals surface area contributed by atoms with E-state index in [0.717, 1.165) is 16.6 Å². The average molecular weight is 386 g/mol. The molecule has 0 unspecified atom stereocenters. The number of nitrogens with zero attached hydrogens (tertiary/aromatic N) is 1. The summed E-state index contributed by atoms with van der Waals surface area (Å²) in [5, 5.41) is 8.97. The number of halogens is 1. The SMILES string of the molecule is C/C(=N/NC(=S)Nc1cccc(Cl)c1C)c1cc2ccccc2oc1=O. The van der Waals surface area contributed by atoms with Crippen LogP contribution in [-0.4, -0.2) is 10.8 Å². The van der Waals surface area contributed by atoms with E-state index in [4.69, 9.17) is 28.2 Å². The molecule has 0 aliphatic rings. The zero-order valence-electron chi connectivity index (χ0n) is 14.2. The van der Waals surface area contributed by atoms with Crippen LogP contribution in [0.4, 0.5) is 5.69 Å². The molecule has 7 heteroatoms. The maximum atomic E-state index is 12.2. The molecule has 0 bridgehead atoms. The van der Waals surface area contributed by atoms with E-state index in [1.807, 2.05) is 37.3 Å². The minimum absolute atomic E-state index is 0.292. The fourth-order valence-corrected chi connectivity index (χ4v) is 2.73. The van der Waals surface area contributed by atoms with E-state index in [2.05, 4.69) is 15.8 Å². The zero-order valence-corrected chi connectivity index (χ0v) is 15.7. The zero-order chi connectivity index (χ0) is 18.7. The van der Waals surface area contributed by atoms with E-state index in [9.17, 15) is 4.79 Å². The van der Waals surface area contributed by atoms with Crippen LogP contribution in [0.1, 0.15) is 18.1 Å². The molecule has 3 rings (SSSR count). The third-order valence-corrected chi connectivity index (χ3v) is 4.48. The molecule has 26 heavy (non-hydrogen) atoms. The van der Waals surface area contributed by atoms with Gasteiger partial charge in [0, 0.05) is 16.1 Å². The quantitative estimate of drug-likeness (QED) is 0.301. The van der Waals surface area contributed by atoms with Crippen molar-refractivity contribution in [2.45, 2.75) is 13.8 Å².